The predicted molar refractivity (Wildman–Crippen MR) is 43.5 cm³/mol. The molecule has 0 aliphatic heterocycles. The molecule has 0 bridgehead atoms. The summed E-state index contributed by atoms with van der Waals surface area (Å²) in [5.74, 6) is -1.06. The molecule has 1 aromatic heterocycles. The van der Waals surface area contributed by atoms with E-state index in [9.17, 15) is 4.79 Å². The highest BCUT2D eigenvalue weighted by Crippen LogP contribution is 2.11. The zero-order valence-electron chi connectivity index (χ0n) is 6.69. The number of pyridine rings is 1. The van der Waals surface area contributed by atoms with Gasteiger partial charge in [-0.15, -0.1) is 0 Å². The molecular weight excluding hydrogens is 156 g/mol. The van der Waals surface area contributed by atoms with Gasteiger partial charge in [0.25, 0.3) is 0 Å². The van der Waals surface area contributed by atoms with Gasteiger partial charge >= 0.3 is 5.97 Å². The van der Waals surface area contributed by atoms with Crippen molar-refractivity contribution in [3.63, 3.8) is 0 Å². The molecule has 0 saturated heterocycles. The van der Waals surface area contributed by atoms with Gasteiger partial charge in [0.2, 0.25) is 0 Å². The van der Waals surface area contributed by atoms with Crippen molar-refractivity contribution in [1.29, 1.82) is 0 Å². The van der Waals surface area contributed by atoms with E-state index in [1.54, 1.807) is 19.1 Å². The third-order valence-corrected chi connectivity index (χ3v) is 1.61. The number of carbonyl (C=O) groups is 1. The lowest BCUT2D eigenvalue weighted by atomic mass is 10.1. The fourth-order valence-corrected chi connectivity index (χ4v) is 0.940. The summed E-state index contributed by atoms with van der Waals surface area (Å²) in [5, 5.41) is 8.59. The van der Waals surface area contributed by atoms with Crippen LogP contribution in [0, 0.1) is 6.92 Å². The largest absolute Gasteiger partial charge is 0.480 e. The van der Waals surface area contributed by atoms with E-state index in [1.165, 1.54) is 6.20 Å². The summed E-state index contributed by atoms with van der Waals surface area (Å²) in [6.07, 6.45) is 1.53. The second kappa shape index (κ2) is 3.32. The van der Waals surface area contributed by atoms with E-state index in [0.29, 0.717) is 5.69 Å². The average Bonchev–Trinajstić information content (AvgIpc) is 2.04. The molecule has 4 heteroatoms. The van der Waals surface area contributed by atoms with Crippen LogP contribution in [0.3, 0.4) is 0 Å². The number of carboxylic acids is 1. The molecule has 0 aliphatic rings. The van der Waals surface area contributed by atoms with Crippen LogP contribution in [0.1, 0.15) is 17.3 Å². The molecule has 0 unspecified atom stereocenters. The molecule has 0 amide bonds. The minimum Gasteiger partial charge on any atom is -0.480 e. The summed E-state index contributed by atoms with van der Waals surface area (Å²) >= 11 is 0. The molecule has 1 heterocycles. The Kier molecular flexibility index (Phi) is 2.40. The summed E-state index contributed by atoms with van der Waals surface area (Å²) in [5.41, 5.74) is 6.60. The van der Waals surface area contributed by atoms with E-state index in [0.717, 1.165) is 5.56 Å². The first-order valence-corrected chi connectivity index (χ1v) is 3.53. The molecule has 3 N–H and O–H groups in total. The maximum Gasteiger partial charge on any atom is 0.326 e. The first kappa shape index (κ1) is 8.67. The smallest absolute Gasteiger partial charge is 0.326 e. The molecule has 0 fully saturated rings. The summed E-state index contributed by atoms with van der Waals surface area (Å²) < 4.78 is 0. The lowest BCUT2D eigenvalue weighted by Crippen LogP contribution is -2.22. The Bertz CT molecular complexity index is 299. The highest BCUT2D eigenvalue weighted by molar-refractivity contribution is 5.74. The Hall–Kier alpha value is -1.42. The van der Waals surface area contributed by atoms with Gasteiger partial charge in [0, 0.05) is 6.20 Å². The molecule has 64 valence electrons. The second-order valence-electron chi connectivity index (χ2n) is 2.52. The number of aromatic nitrogens is 1. The highest BCUT2D eigenvalue weighted by atomic mass is 16.4. The zero-order chi connectivity index (χ0) is 9.14. The van der Waals surface area contributed by atoms with Crippen LogP contribution in [0.25, 0.3) is 0 Å². The number of nitrogens with two attached hydrogens (primary N) is 1. The standard InChI is InChI=1S/C8H10N2O2/c1-5-3-2-4-10-7(5)6(9)8(11)12/h2-4,6H,9H2,1H3,(H,11,12)/t6-/m1/s1. The average molecular weight is 166 g/mol. The van der Waals surface area contributed by atoms with E-state index in [2.05, 4.69) is 4.98 Å². The Morgan fingerprint density at radius 3 is 2.92 bits per heavy atom. The zero-order valence-corrected chi connectivity index (χ0v) is 6.69. The quantitative estimate of drug-likeness (QED) is 0.669. The first-order chi connectivity index (χ1) is 5.63. The monoisotopic (exact) mass is 166 g/mol. The molecule has 1 aromatic rings. The summed E-state index contributed by atoms with van der Waals surface area (Å²) in [4.78, 5) is 14.4. The maximum atomic E-state index is 10.5. The number of aliphatic carboxylic acids is 1. The van der Waals surface area contributed by atoms with E-state index >= 15 is 0 Å². The summed E-state index contributed by atoms with van der Waals surface area (Å²) in [6.45, 7) is 1.78. The lowest BCUT2D eigenvalue weighted by Gasteiger charge is -2.07. The van der Waals surface area contributed by atoms with Gasteiger partial charge < -0.3 is 10.8 Å². The van der Waals surface area contributed by atoms with Gasteiger partial charge in [-0.05, 0) is 18.6 Å². The van der Waals surface area contributed by atoms with Gasteiger partial charge in [-0.25, -0.2) is 0 Å². The Labute approximate surface area is 70.0 Å². The Morgan fingerprint density at radius 1 is 1.75 bits per heavy atom. The van der Waals surface area contributed by atoms with Crippen LogP contribution in [0.4, 0.5) is 0 Å². The SMILES string of the molecule is Cc1cccnc1[C@@H](N)C(=O)O. The van der Waals surface area contributed by atoms with Gasteiger partial charge in [0.15, 0.2) is 0 Å². The molecule has 0 saturated carbocycles. The van der Waals surface area contributed by atoms with Crippen LogP contribution < -0.4 is 5.73 Å². The second-order valence-corrected chi connectivity index (χ2v) is 2.52. The number of rotatable bonds is 2. The number of carboxylic acid groups (broad SMARTS) is 1. The predicted octanol–water partition coefficient (Wildman–Crippen LogP) is 0.474. The molecule has 0 spiro atoms. The van der Waals surface area contributed by atoms with Crippen LogP contribution in [0.15, 0.2) is 18.3 Å². The van der Waals surface area contributed by atoms with Crippen LogP contribution in [-0.2, 0) is 4.79 Å². The minimum atomic E-state index is -1.06. The van der Waals surface area contributed by atoms with Crippen LogP contribution in [0.5, 0.6) is 0 Å². The van der Waals surface area contributed by atoms with Gasteiger partial charge in [-0.3, -0.25) is 9.78 Å². The van der Waals surface area contributed by atoms with E-state index in [1.807, 2.05) is 0 Å². The molecule has 0 aromatic carbocycles. The third-order valence-electron chi connectivity index (χ3n) is 1.61. The van der Waals surface area contributed by atoms with Gasteiger partial charge in [0.1, 0.15) is 6.04 Å². The minimum absolute atomic E-state index is 0.421. The summed E-state index contributed by atoms with van der Waals surface area (Å²) in [6, 6.07) is 2.50. The number of nitrogens with zero attached hydrogens (tertiary/aromatic N) is 1. The van der Waals surface area contributed by atoms with Crippen molar-refractivity contribution in [2.24, 2.45) is 5.73 Å². The molecule has 12 heavy (non-hydrogen) atoms. The van der Waals surface area contributed by atoms with Crippen molar-refractivity contribution >= 4 is 5.97 Å². The van der Waals surface area contributed by atoms with Gasteiger partial charge in [-0.1, -0.05) is 6.07 Å². The van der Waals surface area contributed by atoms with Crippen molar-refractivity contribution < 1.29 is 9.90 Å². The third kappa shape index (κ3) is 1.60. The van der Waals surface area contributed by atoms with E-state index < -0.39 is 12.0 Å². The van der Waals surface area contributed by atoms with Crippen molar-refractivity contribution in [1.82, 2.24) is 4.98 Å². The fourth-order valence-electron chi connectivity index (χ4n) is 0.940. The first-order valence-electron chi connectivity index (χ1n) is 3.53. The maximum absolute atomic E-state index is 10.5. The number of hydrogen-bond acceptors (Lipinski definition) is 3. The summed E-state index contributed by atoms with van der Waals surface area (Å²) in [7, 11) is 0. The van der Waals surface area contributed by atoms with Crippen molar-refractivity contribution in [3.05, 3.63) is 29.6 Å². The Morgan fingerprint density at radius 2 is 2.42 bits per heavy atom. The molecule has 0 radical (unpaired) electrons. The molecule has 1 atom stereocenters. The van der Waals surface area contributed by atoms with Crippen LogP contribution in [-0.4, -0.2) is 16.1 Å². The van der Waals surface area contributed by atoms with Crippen molar-refractivity contribution in [2.75, 3.05) is 0 Å². The van der Waals surface area contributed by atoms with E-state index in [-0.39, 0.29) is 0 Å². The molecular formula is C8H10N2O2. The lowest BCUT2D eigenvalue weighted by molar-refractivity contribution is -0.138. The Balaban J connectivity index is 3.02. The molecule has 1 rings (SSSR count). The van der Waals surface area contributed by atoms with Gasteiger partial charge in [0.05, 0.1) is 5.69 Å². The van der Waals surface area contributed by atoms with Gasteiger partial charge in [-0.2, -0.15) is 0 Å². The normalized spacial score (nSPS) is 12.5. The molecule has 0 aliphatic carbocycles. The van der Waals surface area contributed by atoms with E-state index in [4.69, 9.17) is 10.8 Å². The molecule has 4 nitrogen and oxygen atoms in total. The topological polar surface area (TPSA) is 76.2 Å². The highest BCUT2D eigenvalue weighted by Gasteiger charge is 2.16. The fraction of sp³-hybridized carbons (Fsp3) is 0.250. The van der Waals surface area contributed by atoms with Crippen molar-refractivity contribution in [3.8, 4) is 0 Å². The van der Waals surface area contributed by atoms with Crippen LogP contribution in [0.2, 0.25) is 0 Å². The number of hydrogen-bond donors (Lipinski definition) is 2. The number of aryl methyl sites for hydroxylation is 1. The van der Waals surface area contributed by atoms with Crippen molar-refractivity contribution in [2.45, 2.75) is 13.0 Å². The van der Waals surface area contributed by atoms with Crippen LogP contribution >= 0.6 is 0 Å².